The van der Waals surface area contributed by atoms with Crippen molar-refractivity contribution in [2.24, 2.45) is 0 Å². The molecule has 0 aromatic heterocycles. The van der Waals surface area contributed by atoms with Crippen molar-refractivity contribution in [3.05, 3.63) is 58.1 Å². The summed E-state index contributed by atoms with van der Waals surface area (Å²) in [5.41, 5.74) is 3.92. The molecule has 0 spiro atoms. The summed E-state index contributed by atoms with van der Waals surface area (Å²) in [6, 6.07) is 10.9. The van der Waals surface area contributed by atoms with Crippen LogP contribution in [0.3, 0.4) is 0 Å². The topological polar surface area (TPSA) is 110 Å². The van der Waals surface area contributed by atoms with Crippen LogP contribution in [-0.4, -0.2) is 56.7 Å². The molecule has 0 bridgehead atoms. The number of hydrogen-bond acceptors (Lipinski definition) is 6. The van der Waals surface area contributed by atoms with E-state index in [2.05, 4.69) is 5.32 Å². The van der Waals surface area contributed by atoms with Gasteiger partial charge in [-0.15, -0.1) is 0 Å². The number of Topliss-reactive ketones (excluding diaryl/α,β-unsaturated/α-hetero) is 1. The number of fused-ring (bicyclic) bond motifs is 1. The number of ketones is 1. The van der Waals surface area contributed by atoms with Crippen molar-refractivity contribution in [2.45, 2.75) is 32.7 Å². The van der Waals surface area contributed by atoms with Gasteiger partial charge in [0.05, 0.1) is 12.1 Å². The highest BCUT2D eigenvalue weighted by atomic mass is 16.5. The average molecular weight is 462 g/mol. The first-order valence-corrected chi connectivity index (χ1v) is 11.1. The van der Waals surface area contributed by atoms with Gasteiger partial charge in [-0.05, 0) is 41.3 Å². The molecule has 0 aliphatic carbocycles. The van der Waals surface area contributed by atoms with Crippen LogP contribution in [0.1, 0.15) is 58.2 Å². The zero-order valence-electron chi connectivity index (χ0n) is 20.6. The molecule has 8 nitrogen and oxygen atoms in total. The van der Waals surface area contributed by atoms with Crippen LogP contribution in [-0.2, 0) is 12.0 Å². The van der Waals surface area contributed by atoms with E-state index in [1.165, 1.54) is 0 Å². The zero-order chi connectivity index (χ0) is 25.2. The minimum Gasteiger partial charge on any atom is -0.478 e. The Balaban J connectivity index is 1.87. The van der Waals surface area contributed by atoms with Crippen molar-refractivity contribution in [3.63, 3.8) is 0 Å². The molecule has 2 aromatic rings. The van der Waals surface area contributed by atoms with Gasteiger partial charge >= 0.3 is 0 Å². The molecule has 0 radical (unpaired) electrons. The number of amidine groups is 1. The Bertz CT molecular complexity index is 1190. The van der Waals surface area contributed by atoms with Crippen molar-refractivity contribution in [1.29, 1.82) is 10.7 Å². The molecule has 2 N–H and O–H groups in total. The van der Waals surface area contributed by atoms with E-state index in [1.54, 1.807) is 30.1 Å². The average Bonchev–Trinajstić information content (AvgIpc) is 3.09. The second-order valence-electron chi connectivity index (χ2n) is 9.54. The number of anilines is 1. The molecule has 2 aromatic carbocycles. The SMILES string of the molecule is CNC(=O)c1cc2c(cc1N(C)C)CN(CC(=O)c1ccc(OCC#N)c(C(C)(C)C)c1)C2=N. The Kier molecular flexibility index (Phi) is 6.96. The first kappa shape index (κ1) is 24.8. The molecule has 178 valence electrons. The van der Waals surface area contributed by atoms with Crippen LogP contribution in [0.4, 0.5) is 5.69 Å². The monoisotopic (exact) mass is 461 g/mol. The van der Waals surface area contributed by atoms with Crippen LogP contribution in [0.2, 0.25) is 0 Å². The van der Waals surface area contributed by atoms with Crippen molar-refractivity contribution in [3.8, 4) is 11.8 Å². The molecule has 1 aliphatic rings. The summed E-state index contributed by atoms with van der Waals surface area (Å²) in [6.07, 6.45) is 0. The van der Waals surface area contributed by atoms with Crippen molar-refractivity contribution < 1.29 is 14.3 Å². The van der Waals surface area contributed by atoms with E-state index in [9.17, 15) is 9.59 Å². The molecule has 0 saturated carbocycles. The van der Waals surface area contributed by atoms with Gasteiger partial charge in [0.2, 0.25) is 0 Å². The zero-order valence-corrected chi connectivity index (χ0v) is 20.6. The molecular formula is C26H31N5O3. The van der Waals surface area contributed by atoms with E-state index >= 15 is 0 Å². The van der Waals surface area contributed by atoms with E-state index in [-0.39, 0.29) is 36.1 Å². The van der Waals surface area contributed by atoms with Crippen LogP contribution in [0.5, 0.6) is 5.75 Å². The summed E-state index contributed by atoms with van der Waals surface area (Å²) in [5, 5.41) is 20.1. The molecular weight excluding hydrogens is 430 g/mol. The lowest BCUT2D eigenvalue weighted by Gasteiger charge is -2.23. The normalized spacial score (nSPS) is 12.7. The van der Waals surface area contributed by atoms with Gasteiger partial charge in [0.1, 0.15) is 17.7 Å². The minimum atomic E-state index is -0.281. The number of hydrogen-bond donors (Lipinski definition) is 2. The molecule has 34 heavy (non-hydrogen) atoms. The molecule has 0 atom stereocenters. The molecule has 0 saturated heterocycles. The summed E-state index contributed by atoms with van der Waals surface area (Å²) in [5.74, 6) is 0.477. The van der Waals surface area contributed by atoms with E-state index < -0.39 is 0 Å². The predicted octanol–water partition coefficient (Wildman–Crippen LogP) is 3.34. The largest absolute Gasteiger partial charge is 0.478 e. The maximum absolute atomic E-state index is 13.2. The summed E-state index contributed by atoms with van der Waals surface area (Å²) in [4.78, 5) is 29.2. The maximum atomic E-state index is 13.2. The Morgan fingerprint density at radius 2 is 1.94 bits per heavy atom. The summed E-state index contributed by atoms with van der Waals surface area (Å²) in [7, 11) is 5.31. The Hall–Kier alpha value is -3.86. The first-order valence-electron chi connectivity index (χ1n) is 11.1. The third-order valence-corrected chi connectivity index (χ3v) is 5.84. The van der Waals surface area contributed by atoms with Crippen LogP contribution in [0.15, 0.2) is 30.3 Å². The summed E-state index contributed by atoms with van der Waals surface area (Å²) >= 11 is 0. The van der Waals surface area contributed by atoms with Crippen molar-refractivity contribution in [2.75, 3.05) is 39.2 Å². The smallest absolute Gasteiger partial charge is 0.253 e. The number of nitrogens with zero attached hydrogens (tertiary/aromatic N) is 3. The fraction of sp³-hybridized carbons (Fsp3) is 0.385. The number of rotatable bonds is 7. The quantitative estimate of drug-likeness (QED) is 0.612. The fourth-order valence-corrected chi connectivity index (χ4v) is 4.05. The Morgan fingerprint density at radius 1 is 1.24 bits per heavy atom. The fourth-order valence-electron chi connectivity index (χ4n) is 4.05. The van der Waals surface area contributed by atoms with E-state index in [0.29, 0.717) is 29.0 Å². The molecule has 8 heteroatoms. The van der Waals surface area contributed by atoms with Gasteiger partial charge in [0.15, 0.2) is 12.4 Å². The van der Waals surface area contributed by atoms with Crippen LogP contribution in [0.25, 0.3) is 0 Å². The van der Waals surface area contributed by atoms with Gasteiger partial charge in [-0.2, -0.15) is 5.26 Å². The number of nitriles is 1. The molecule has 1 heterocycles. The van der Waals surface area contributed by atoms with E-state index in [0.717, 1.165) is 16.8 Å². The Labute approximate surface area is 200 Å². The second kappa shape index (κ2) is 9.56. The number of carbonyl (C=O) groups is 2. The highest BCUT2D eigenvalue weighted by Gasteiger charge is 2.29. The number of nitrogens with one attached hydrogen (secondary N) is 2. The second-order valence-corrected chi connectivity index (χ2v) is 9.54. The summed E-state index contributed by atoms with van der Waals surface area (Å²) in [6.45, 7) is 6.47. The molecule has 3 rings (SSSR count). The van der Waals surface area contributed by atoms with Crippen LogP contribution >= 0.6 is 0 Å². The minimum absolute atomic E-state index is 0.0438. The van der Waals surface area contributed by atoms with E-state index in [4.69, 9.17) is 15.4 Å². The highest BCUT2D eigenvalue weighted by molar-refractivity contribution is 6.08. The number of benzene rings is 2. The van der Waals surface area contributed by atoms with Crippen molar-refractivity contribution in [1.82, 2.24) is 10.2 Å². The van der Waals surface area contributed by atoms with Gasteiger partial charge in [-0.3, -0.25) is 15.0 Å². The van der Waals surface area contributed by atoms with Crippen molar-refractivity contribution >= 4 is 23.2 Å². The number of amides is 1. The van der Waals surface area contributed by atoms with Gasteiger partial charge in [-0.25, -0.2) is 0 Å². The lowest BCUT2D eigenvalue weighted by molar-refractivity contribution is 0.0955. The number of carbonyl (C=O) groups excluding carboxylic acids is 2. The van der Waals surface area contributed by atoms with Crippen LogP contribution < -0.4 is 15.0 Å². The third kappa shape index (κ3) is 4.88. The Morgan fingerprint density at radius 3 is 2.53 bits per heavy atom. The van der Waals surface area contributed by atoms with Gasteiger partial charge in [0.25, 0.3) is 5.91 Å². The van der Waals surface area contributed by atoms with E-state index in [1.807, 2.05) is 58.0 Å². The maximum Gasteiger partial charge on any atom is 0.253 e. The predicted molar refractivity (Wildman–Crippen MR) is 132 cm³/mol. The standard InChI is InChI=1S/C26H31N5O3/c1-26(2,3)20-11-16(7-8-23(20)34-10-9-27)22(32)15-31-14-17-12-21(30(5)6)19(25(33)29-4)13-18(17)24(31)28/h7-8,11-13,28H,10,14-15H2,1-6H3,(H,29,33). The van der Waals surface area contributed by atoms with Gasteiger partial charge in [0, 0.05) is 50.1 Å². The molecule has 0 fully saturated rings. The highest BCUT2D eigenvalue weighted by Crippen LogP contribution is 2.33. The van der Waals surface area contributed by atoms with Crippen LogP contribution in [0, 0.1) is 16.7 Å². The lowest BCUT2D eigenvalue weighted by atomic mass is 9.85. The molecule has 0 unspecified atom stereocenters. The van der Waals surface area contributed by atoms with Gasteiger partial charge < -0.3 is 19.9 Å². The molecule has 1 aliphatic heterocycles. The van der Waals surface area contributed by atoms with Gasteiger partial charge in [-0.1, -0.05) is 20.8 Å². The first-order chi connectivity index (χ1) is 16.0. The third-order valence-electron chi connectivity index (χ3n) is 5.84. The molecule has 1 amide bonds. The summed E-state index contributed by atoms with van der Waals surface area (Å²) < 4.78 is 5.56. The number of ether oxygens (including phenoxy) is 1. The lowest BCUT2D eigenvalue weighted by Crippen LogP contribution is -2.30.